The number of hydrogen-bond donors (Lipinski definition) is 0. The average molecular weight is 266 g/mol. The lowest BCUT2D eigenvalue weighted by Gasteiger charge is -2.08. The van der Waals surface area contributed by atoms with Crippen molar-refractivity contribution in [3.63, 3.8) is 0 Å². The molecule has 0 saturated carbocycles. The van der Waals surface area contributed by atoms with E-state index in [4.69, 9.17) is 0 Å². The number of hydrogen-bond acceptors (Lipinski definition) is 2. The number of rotatable bonds is 2. The van der Waals surface area contributed by atoms with E-state index in [0.717, 1.165) is 11.5 Å². The van der Waals surface area contributed by atoms with Gasteiger partial charge in [0.2, 0.25) is 0 Å². The van der Waals surface area contributed by atoms with E-state index in [-0.39, 0.29) is 0 Å². The standard InChI is InChI=1S/C11H12BrN3/c1-8(2)9-7-10(14-11(12)13-9)15-5-3-4-6-15/h3-8H,1-2H3. The fourth-order valence-corrected chi connectivity index (χ4v) is 1.72. The van der Waals surface area contributed by atoms with Gasteiger partial charge >= 0.3 is 0 Å². The molecule has 3 nitrogen and oxygen atoms in total. The van der Waals surface area contributed by atoms with E-state index in [0.29, 0.717) is 10.7 Å². The van der Waals surface area contributed by atoms with Gasteiger partial charge in [-0.15, -0.1) is 0 Å². The van der Waals surface area contributed by atoms with E-state index >= 15 is 0 Å². The van der Waals surface area contributed by atoms with Crippen LogP contribution in [0.3, 0.4) is 0 Å². The van der Waals surface area contributed by atoms with E-state index in [2.05, 4.69) is 39.7 Å². The van der Waals surface area contributed by atoms with Gasteiger partial charge in [-0.1, -0.05) is 13.8 Å². The van der Waals surface area contributed by atoms with Crippen LogP contribution in [0.4, 0.5) is 0 Å². The highest BCUT2D eigenvalue weighted by Gasteiger charge is 2.06. The molecule has 0 radical (unpaired) electrons. The summed E-state index contributed by atoms with van der Waals surface area (Å²) in [5.41, 5.74) is 1.04. The smallest absolute Gasteiger partial charge is 0.198 e. The van der Waals surface area contributed by atoms with E-state index in [1.54, 1.807) is 0 Å². The van der Waals surface area contributed by atoms with Crippen LogP contribution in [-0.4, -0.2) is 14.5 Å². The van der Waals surface area contributed by atoms with Gasteiger partial charge in [-0.05, 0) is 34.0 Å². The first-order chi connectivity index (χ1) is 7.16. The molecule has 2 aromatic heterocycles. The molecule has 0 N–H and O–H groups in total. The predicted octanol–water partition coefficient (Wildman–Crippen LogP) is 3.15. The minimum atomic E-state index is 0.401. The van der Waals surface area contributed by atoms with Crippen LogP contribution in [0.5, 0.6) is 0 Å². The fraction of sp³-hybridized carbons (Fsp3) is 0.273. The SMILES string of the molecule is CC(C)c1cc(-n2cccc2)nc(Br)n1. The lowest BCUT2D eigenvalue weighted by Crippen LogP contribution is -2.01. The topological polar surface area (TPSA) is 30.7 Å². The minimum Gasteiger partial charge on any atom is -0.309 e. The van der Waals surface area contributed by atoms with E-state index < -0.39 is 0 Å². The molecule has 0 fully saturated rings. The molecule has 2 rings (SSSR count). The van der Waals surface area contributed by atoms with Gasteiger partial charge in [0.1, 0.15) is 5.82 Å². The lowest BCUT2D eigenvalue weighted by molar-refractivity contribution is 0.796. The van der Waals surface area contributed by atoms with Crippen LogP contribution in [0.15, 0.2) is 35.3 Å². The minimum absolute atomic E-state index is 0.401. The van der Waals surface area contributed by atoms with Crippen molar-refractivity contribution in [2.75, 3.05) is 0 Å². The molecule has 78 valence electrons. The third-order valence-corrected chi connectivity index (χ3v) is 2.52. The maximum atomic E-state index is 4.34. The maximum absolute atomic E-state index is 4.34. The molecule has 0 spiro atoms. The molecule has 0 saturated heterocycles. The Hall–Kier alpha value is -1.16. The van der Waals surface area contributed by atoms with Crippen molar-refractivity contribution in [2.45, 2.75) is 19.8 Å². The Kier molecular flexibility index (Phi) is 2.86. The molecule has 0 aromatic carbocycles. The van der Waals surface area contributed by atoms with Crippen molar-refractivity contribution >= 4 is 15.9 Å². The van der Waals surface area contributed by atoms with Crippen LogP contribution in [-0.2, 0) is 0 Å². The first-order valence-corrected chi connectivity index (χ1v) is 5.64. The first-order valence-electron chi connectivity index (χ1n) is 4.84. The summed E-state index contributed by atoms with van der Waals surface area (Å²) in [5.74, 6) is 1.30. The normalized spacial score (nSPS) is 10.9. The van der Waals surface area contributed by atoms with Crippen LogP contribution in [0.25, 0.3) is 5.82 Å². The summed E-state index contributed by atoms with van der Waals surface area (Å²) >= 11 is 3.33. The highest BCUT2D eigenvalue weighted by atomic mass is 79.9. The molecule has 2 aromatic rings. The van der Waals surface area contributed by atoms with Gasteiger partial charge in [0, 0.05) is 24.2 Å². The molecule has 0 aliphatic rings. The molecule has 2 heterocycles. The Bertz CT molecular complexity index is 449. The summed E-state index contributed by atoms with van der Waals surface area (Å²) in [4.78, 5) is 8.66. The molecule has 0 bridgehead atoms. The van der Waals surface area contributed by atoms with Crippen LogP contribution < -0.4 is 0 Å². The monoisotopic (exact) mass is 265 g/mol. The Morgan fingerprint density at radius 3 is 2.47 bits per heavy atom. The van der Waals surface area contributed by atoms with Gasteiger partial charge in [-0.3, -0.25) is 0 Å². The molecule has 0 aliphatic heterocycles. The van der Waals surface area contributed by atoms with Gasteiger partial charge in [-0.25, -0.2) is 9.97 Å². The molecular weight excluding hydrogens is 254 g/mol. The largest absolute Gasteiger partial charge is 0.309 e. The van der Waals surface area contributed by atoms with Crippen molar-refractivity contribution in [1.29, 1.82) is 0 Å². The van der Waals surface area contributed by atoms with E-state index in [1.165, 1.54) is 0 Å². The van der Waals surface area contributed by atoms with Crippen LogP contribution in [0.2, 0.25) is 0 Å². The summed E-state index contributed by atoms with van der Waals surface area (Å²) in [6.07, 6.45) is 3.94. The molecular formula is C11H12BrN3. The van der Waals surface area contributed by atoms with Crippen molar-refractivity contribution < 1.29 is 0 Å². The zero-order valence-corrected chi connectivity index (χ0v) is 10.3. The third-order valence-electron chi connectivity index (χ3n) is 2.17. The maximum Gasteiger partial charge on any atom is 0.198 e. The fourth-order valence-electron chi connectivity index (χ4n) is 1.34. The van der Waals surface area contributed by atoms with Crippen LogP contribution in [0, 0.1) is 0 Å². The lowest BCUT2D eigenvalue weighted by atomic mass is 10.1. The molecule has 0 unspecified atom stereocenters. The Labute approximate surface area is 97.3 Å². The van der Waals surface area contributed by atoms with Gasteiger partial charge in [0.15, 0.2) is 4.73 Å². The first kappa shape index (κ1) is 10.4. The number of aromatic nitrogens is 3. The summed E-state index contributed by atoms with van der Waals surface area (Å²) in [6.45, 7) is 4.24. The second kappa shape index (κ2) is 4.14. The second-order valence-electron chi connectivity index (χ2n) is 3.67. The highest BCUT2D eigenvalue weighted by molar-refractivity contribution is 9.10. The van der Waals surface area contributed by atoms with E-state index in [1.807, 2.05) is 35.2 Å². The van der Waals surface area contributed by atoms with Gasteiger partial charge in [0.25, 0.3) is 0 Å². The Morgan fingerprint density at radius 1 is 1.20 bits per heavy atom. The van der Waals surface area contributed by atoms with Crippen molar-refractivity contribution in [1.82, 2.24) is 14.5 Å². The number of nitrogens with zero attached hydrogens (tertiary/aromatic N) is 3. The summed E-state index contributed by atoms with van der Waals surface area (Å²) in [7, 11) is 0. The average Bonchev–Trinajstić information content (AvgIpc) is 2.69. The van der Waals surface area contributed by atoms with E-state index in [9.17, 15) is 0 Å². The van der Waals surface area contributed by atoms with Gasteiger partial charge < -0.3 is 4.57 Å². The quantitative estimate of drug-likeness (QED) is 0.782. The third kappa shape index (κ3) is 2.26. The van der Waals surface area contributed by atoms with Crippen LogP contribution >= 0.6 is 15.9 Å². The summed E-state index contributed by atoms with van der Waals surface area (Å²) in [5, 5.41) is 0. The van der Waals surface area contributed by atoms with Gasteiger partial charge in [-0.2, -0.15) is 0 Å². The van der Waals surface area contributed by atoms with Crippen molar-refractivity contribution in [3.05, 3.63) is 41.0 Å². The second-order valence-corrected chi connectivity index (χ2v) is 4.37. The zero-order valence-electron chi connectivity index (χ0n) is 8.68. The molecule has 0 atom stereocenters. The summed E-state index contributed by atoms with van der Waals surface area (Å²) < 4.78 is 2.61. The number of halogens is 1. The predicted molar refractivity (Wildman–Crippen MR) is 63.1 cm³/mol. The van der Waals surface area contributed by atoms with Gasteiger partial charge in [0.05, 0.1) is 0 Å². The van der Waals surface area contributed by atoms with Crippen molar-refractivity contribution in [2.24, 2.45) is 0 Å². The Morgan fingerprint density at radius 2 is 1.87 bits per heavy atom. The molecule has 0 amide bonds. The Balaban J connectivity index is 2.49. The molecule has 0 aliphatic carbocycles. The summed E-state index contributed by atoms with van der Waals surface area (Å²) in [6, 6.07) is 5.96. The zero-order chi connectivity index (χ0) is 10.8. The molecule has 15 heavy (non-hydrogen) atoms. The molecule has 4 heteroatoms. The van der Waals surface area contributed by atoms with Crippen LogP contribution in [0.1, 0.15) is 25.5 Å². The highest BCUT2D eigenvalue weighted by Crippen LogP contribution is 2.17. The van der Waals surface area contributed by atoms with Crippen molar-refractivity contribution in [3.8, 4) is 5.82 Å².